The lowest BCUT2D eigenvalue weighted by molar-refractivity contribution is 0.634. The van der Waals surface area contributed by atoms with E-state index in [4.69, 9.17) is 0 Å². The van der Waals surface area contributed by atoms with E-state index < -0.39 is 0 Å². The fourth-order valence-corrected chi connectivity index (χ4v) is 2.19. The Morgan fingerprint density at radius 3 is 2.47 bits per heavy atom. The molecule has 0 radical (unpaired) electrons. The Morgan fingerprint density at radius 2 is 1.89 bits per heavy atom. The molecule has 2 rings (SSSR count). The van der Waals surface area contributed by atoms with E-state index in [0.717, 1.165) is 47.4 Å². The Balaban J connectivity index is 2.36. The van der Waals surface area contributed by atoms with Gasteiger partial charge in [-0.15, -0.1) is 0 Å². The van der Waals surface area contributed by atoms with Crippen LogP contribution in [0.25, 0.3) is 0 Å². The van der Waals surface area contributed by atoms with Crippen molar-refractivity contribution in [3.8, 4) is 0 Å². The molecule has 0 saturated carbocycles. The van der Waals surface area contributed by atoms with Crippen LogP contribution in [-0.4, -0.2) is 19.7 Å². The zero-order valence-electron chi connectivity index (χ0n) is 12.3. The molecule has 0 spiro atoms. The quantitative estimate of drug-likeness (QED) is 0.917. The normalized spacial score (nSPS) is 10.8. The highest BCUT2D eigenvalue weighted by molar-refractivity contribution is 5.61. The Hall–Kier alpha value is -1.91. The van der Waals surface area contributed by atoms with Gasteiger partial charge in [-0.25, -0.2) is 9.97 Å². The molecular weight excluding hydrogens is 238 g/mol. The summed E-state index contributed by atoms with van der Waals surface area (Å²) in [4.78, 5) is 8.82. The molecule has 102 valence electrons. The van der Waals surface area contributed by atoms with E-state index in [1.165, 1.54) is 0 Å². The Labute approximate surface area is 114 Å². The van der Waals surface area contributed by atoms with Crippen molar-refractivity contribution >= 4 is 11.5 Å². The van der Waals surface area contributed by atoms with Crippen molar-refractivity contribution in [1.29, 1.82) is 0 Å². The zero-order valence-corrected chi connectivity index (χ0v) is 12.3. The van der Waals surface area contributed by atoms with Gasteiger partial charge in [0.05, 0.1) is 17.1 Å². The first-order valence-electron chi connectivity index (χ1n) is 6.70. The minimum Gasteiger partial charge on any atom is -0.337 e. The molecule has 0 aliphatic carbocycles. The van der Waals surface area contributed by atoms with Crippen LogP contribution in [0.15, 0.2) is 6.07 Å². The smallest absolute Gasteiger partial charge is 0.134 e. The molecule has 0 bridgehead atoms. The summed E-state index contributed by atoms with van der Waals surface area (Å²) in [7, 11) is 0. The van der Waals surface area contributed by atoms with E-state index in [-0.39, 0.29) is 0 Å². The summed E-state index contributed by atoms with van der Waals surface area (Å²) in [6.45, 7) is 11.1. The Morgan fingerprint density at radius 1 is 1.16 bits per heavy atom. The molecule has 5 heteroatoms. The summed E-state index contributed by atoms with van der Waals surface area (Å²) in [5.74, 6) is 1.63. The van der Waals surface area contributed by atoms with Gasteiger partial charge in [-0.2, -0.15) is 5.10 Å². The third-order valence-corrected chi connectivity index (χ3v) is 3.19. The molecule has 2 aromatic heterocycles. The number of hydrogen-bond donors (Lipinski definition) is 1. The molecule has 0 fully saturated rings. The molecule has 1 N–H and O–H groups in total. The van der Waals surface area contributed by atoms with Crippen LogP contribution in [0.1, 0.15) is 36.8 Å². The number of hydrogen-bond acceptors (Lipinski definition) is 4. The lowest BCUT2D eigenvalue weighted by Crippen LogP contribution is -2.02. The predicted molar refractivity (Wildman–Crippen MR) is 76.8 cm³/mol. The van der Waals surface area contributed by atoms with Crippen molar-refractivity contribution in [1.82, 2.24) is 19.7 Å². The molecule has 19 heavy (non-hydrogen) atoms. The summed E-state index contributed by atoms with van der Waals surface area (Å²) >= 11 is 0. The van der Waals surface area contributed by atoms with Crippen LogP contribution in [0, 0.1) is 20.8 Å². The van der Waals surface area contributed by atoms with Crippen molar-refractivity contribution < 1.29 is 0 Å². The van der Waals surface area contributed by atoms with Crippen molar-refractivity contribution in [2.75, 3.05) is 5.32 Å². The van der Waals surface area contributed by atoms with Gasteiger partial charge in [0.25, 0.3) is 0 Å². The fourth-order valence-electron chi connectivity index (χ4n) is 2.19. The maximum Gasteiger partial charge on any atom is 0.134 e. The van der Waals surface area contributed by atoms with Gasteiger partial charge in [-0.3, -0.25) is 4.68 Å². The molecule has 0 atom stereocenters. The minimum atomic E-state index is 0.792. The van der Waals surface area contributed by atoms with E-state index in [1.54, 1.807) is 0 Å². The second-order valence-corrected chi connectivity index (χ2v) is 4.63. The highest BCUT2D eigenvalue weighted by Gasteiger charge is 2.11. The molecule has 0 unspecified atom stereocenters. The summed E-state index contributed by atoms with van der Waals surface area (Å²) in [6, 6.07) is 2.00. The molecule has 5 nitrogen and oxygen atoms in total. The molecule has 2 aromatic rings. The van der Waals surface area contributed by atoms with Gasteiger partial charge in [-0.05, 0) is 34.1 Å². The van der Waals surface area contributed by atoms with E-state index >= 15 is 0 Å². The SMILES string of the molecule is CCc1cc(Nc2c(C)nn(CC)c2C)nc(C)n1. The summed E-state index contributed by atoms with van der Waals surface area (Å²) in [5.41, 5.74) is 4.22. The zero-order chi connectivity index (χ0) is 14.0. The summed E-state index contributed by atoms with van der Waals surface area (Å²) < 4.78 is 1.99. The van der Waals surface area contributed by atoms with Gasteiger partial charge < -0.3 is 5.32 Å². The third-order valence-electron chi connectivity index (χ3n) is 3.19. The highest BCUT2D eigenvalue weighted by atomic mass is 15.3. The standard InChI is InChI=1S/C14H21N5/c1-6-12-8-13(16-11(5)15-12)17-14-9(3)18-19(7-2)10(14)4/h8H,6-7H2,1-5H3,(H,15,16,17). The van der Waals surface area contributed by atoms with Gasteiger partial charge >= 0.3 is 0 Å². The van der Waals surface area contributed by atoms with Crippen LogP contribution in [0.2, 0.25) is 0 Å². The van der Waals surface area contributed by atoms with Crippen LogP contribution in [0.4, 0.5) is 11.5 Å². The topological polar surface area (TPSA) is 55.6 Å². The van der Waals surface area contributed by atoms with Crippen LogP contribution in [0.5, 0.6) is 0 Å². The molecule has 0 aliphatic rings. The van der Waals surface area contributed by atoms with Crippen LogP contribution < -0.4 is 5.32 Å². The average molecular weight is 259 g/mol. The average Bonchev–Trinajstić information content (AvgIpc) is 2.65. The highest BCUT2D eigenvalue weighted by Crippen LogP contribution is 2.23. The molecular formula is C14H21N5. The number of aromatic nitrogens is 4. The van der Waals surface area contributed by atoms with Crippen LogP contribution in [-0.2, 0) is 13.0 Å². The summed E-state index contributed by atoms with van der Waals surface area (Å²) in [5, 5.41) is 7.88. The second kappa shape index (κ2) is 5.38. The number of nitrogens with one attached hydrogen (secondary N) is 1. The fraction of sp³-hybridized carbons (Fsp3) is 0.500. The van der Waals surface area contributed by atoms with Gasteiger partial charge in [-0.1, -0.05) is 6.92 Å². The molecule has 0 amide bonds. The minimum absolute atomic E-state index is 0.792. The molecule has 0 aromatic carbocycles. The van der Waals surface area contributed by atoms with Gasteiger partial charge in [0.15, 0.2) is 0 Å². The first-order valence-corrected chi connectivity index (χ1v) is 6.70. The lowest BCUT2D eigenvalue weighted by atomic mass is 10.3. The Kier molecular flexibility index (Phi) is 3.83. The van der Waals surface area contributed by atoms with Crippen LogP contribution >= 0.6 is 0 Å². The molecule has 2 heterocycles. The van der Waals surface area contributed by atoms with E-state index in [2.05, 4.69) is 41.2 Å². The maximum atomic E-state index is 4.50. The largest absolute Gasteiger partial charge is 0.337 e. The number of rotatable bonds is 4. The van der Waals surface area contributed by atoms with Crippen molar-refractivity contribution in [3.63, 3.8) is 0 Å². The molecule has 0 saturated heterocycles. The van der Waals surface area contributed by atoms with Crippen molar-refractivity contribution in [2.24, 2.45) is 0 Å². The van der Waals surface area contributed by atoms with Gasteiger partial charge in [0.2, 0.25) is 0 Å². The second-order valence-electron chi connectivity index (χ2n) is 4.63. The number of aryl methyl sites for hydroxylation is 4. The van der Waals surface area contributed by atoms with E-state index in [1.807, 2.05) is 24.6 Å². The van der Waals surface area contributed by atoms with E-state index in [9.17, 15) is 0 Å². The first kappa shape index (κ1) is 13.5. The van der Waals surface area contributed by atoms with Crippen molar-refractivity contribution in [2.45, 2.75) is 47.6 Å². The Bertz CT molecular complexity index is 586. The van der Waals surface area contributed by atoms with E-state index in [0.29, 0.717) is 0 Å². The lowest BCUT2D eigenvalue weighted by Gasteiger charge is -2.08. The maximum absolute atomic E-state index is 4.50. The van der Waals surface area contributed by atoms with Crippen molar-refractivity contribution in [3.05, 3.63) is 29.0 Å². The van der Waals surface area contributed by atoms with Gasteiger partial charge in [0.1, 0.15) is 11.6 Å². The third kappa shape index (κ3) is 2.75. The first-order chi connectivity index (χ1) is 9.05. The monoisotopic (exact) mass is 259 g/mol. The predicted octanol–water partition coefficient (Wildman–Crippen LogP) is 2.92. The summed E-state index contributed by atoms with van der Waals surface area (Å²) in [6.07, 6.45) is 0.907. The number of nitrogens with zero attached hydrogens (tertiary/aromatic N) is 4. The molecule has 0 aliphatic heterocycles. The number of anilines is 2. The van der Waals surface area contributed by atoms with Crippen LogP contribution in [0.3, 0.4) is 0 Å². The van der Waals surface area contributed by atoms with Gasteiger partial charge in [0, 0.05) is 18.3 Å².